The lowest BCUT2D eigenvalue weighted by Crippen LogP contribution is -2.21. The molecule has 0 heterocycles. The van der Waals surface area contributed by atoms with Gasteiger partial charge in [-0.15, -0.1) is 0 Å². The Morgan fingerprint density at radius 1 is 1.33 bits per heavy atom. The largest absolute Gasteiger partial charge is 0.468 e. The molecule has 1 rings (SSSR count). The summed E-state index contributed by atoms with van der Waals surface area (Å²) >= 11 is 0. The van der Waals surface area contributed by atoms with Gasteiger partial charge in [0.1, 0.15) is 0 Å². The second-order valence-electron chi connectivity index (χ2n) is 3.65. The highest BCUT2D eigenvalue weighted by Crippen LogP contribution is 2.21. The van der Waals surface area contributed by atoms with Crippen LogP contribution < -0.4 is 0 Å². The molecular weight excluding hydrogens is 190 g/mol. The third-order valence-corrected chi connectivity index (χ3v) is 2.38. The molecule has 0 spiro atoms. The van der Waals surface area contributed by atoms with E-state index in [1.54, 1.807) is 0 Å². The van der Waals surface area contributed by atoms with Crippen LogP contribution >= 0.6 is 0 Å². The monoisotopic (exact) mass is 207 g/mol. The average molecular weight is 207 g/mol. The van der Waals surface area contributed by atoms with Crippen molar-refractivity contribution in [3.05, 3.63) is 35.9 Å². The molecule has 3 heteroatoms. The van der Waals surface area contributed by atoms with E-state index >= 15 is 0 Å². The Bertz CT molecular complexity index is 285. The number of rotatable bonds is 6. The minimum absolute atomic E-state index is 0.297. The molecule has 1 aromatic rings. The zero-order valence-electron chi connectivity index (χ0n) is 9.22. The van der Waals surface area contributed by atoms with Crippen LogP contribution in [-0.4, -0.2) is 32.1 Å². The molecule has 0 aliphatic heterocycles. The molecule has 0 aromatic heterocycles. The first-order valence-corrected chi connectivity index (χ1v) is 5.02. The fourth-order valence-corrected chi connectivity index (χ4v) is 1.63. The molecule has 0 aliphatic carbocycles. The van der Waals surface area contributed by atoms with Gasteiger partial charge in [-0.25, -0.2) is 0 Å². The summed E-state index contributed by atoms with van der Waals surface area (Å²) in [4.78, 5) is 12.2. The maximum atomic E-state index is 10.1. The van der Waals surface area contributed by atoms with Crippen LogP contribution in [0.25, 0.3) is 0 Å². The van der Waals surface area contributed by atoms with E-state index in [0.29, 0.717) is 19.1 Å². The topological polar surface area (TPSA) is 29.5 Å². The highest BCUT2D eigenvalue weighted by atomic mass is 16.5. The Morgan fingerprint density at radius 3 is 2.53 bits per heavy atom. The number of carbonyl (C=O) groups is 1. The third kappa shape index (κ3) is 3.72. The van der Waals surface area contributed by atoms with Crippen LogP contribution in [0.1, 0.15) is 18.0 Å². The molecule has 0 bridgehead atoms. The van der Waals surface area contributed by atoms with Crippen molar-refractivity contribution in [2.45, 2.75) is 12.5 Å². The van der Waals surface area contributed by atoms with Crippen LogP contribution in [0.2, 0.25) is 0 Å². The summed E-state index contributed by atoms with van der Waals surface area (Å²) in [6.07, 6.45) is 0.815. The normalized spacial score (nSPS) is 12.5. The number of carbonyl (C=O) groups excluding carboxylic acids is 1. The molecule has 15 heavy (non-hydrogen) atoms. The van der Waals surface area contributed by atoms with Gasteiger partial charge in [-0.1, -0.05) is 30.3 Å². The SMILES string of the molecule is CN(C)[C@@H](CCOC=O)c1ccccc1. The van der Waals surface area contributed by atoms with Crippen LogP contribution in [0.15, 0.2) is 30.3 Å². The van der Waals surface area contributed by atoms with Crippen LogP contribution in [0, 0.1) is 0 Å². The zero-order chi connectivity index (χ0) is 11.1. The van der Waals surface area contributed by atoms with Gasteiger partial charge in [0.15, 0.2) is 0 Å². The Hall–Kier alpha value is -1.35. The molecule has 1 aromatic carbocycles. The fourth-order valence-electron chi connectivity index (χ4n) is 1.63. The Morgan fingerprint density at radius 2 is 2.00 bits per heavy atom. The summed E-state index contributed by atoms with van der Waals surface area (Å²) in [6.45, 7) is 0.957. The molecule has 0 saturated carbocycles. The quantitative estimate of drug-likeness (QED) is 0.526. The highest BCUT2D eigenvalue weighted by Gasteiger charge is 2.13. The van der Waals surface area contributed by atoms with Gasteiger partial charge < -0.3 is 9.64 Å². The van der Waals surface area contributed by atoms with E-state index in [1.165, 1.54) is 5.56 Å². The lowest BCUT2D eigenvalue weighted by molar-refractivity contribution is -0.129. The Kier molecular flexibility index (Phi) is 4.84. The Labute approximate surface area is 90.7 Å². The van der Waals surface area contributed by atoms with E-state index < -0.39 is 0 Å². The summed E-state index contributed by atoms with van der Waals surface area (Å²) in [6, 6.07) is 10.5. The number of hydrogen-bond donors (Lipinski definition) is 0. The molecule has 1 atom stereocenters. The molecule has 0 saturated heterocycles. The standard InChI is InChI=1S/C12H17NO2/c1-13(2)12(8-9-15-10-14)11-6-4-3-5-7-11/h3-7,10,12H,8-9H2,1-2H3/t12-/m0/s1. The molecule has 0 radical (unpaired) electrons. The van der Waals surface area contributed by atoms with Gasteiger partial charge >= 0.3 is 0 Å². The molecule has 3 nitrogen and oxygen atoms in total. The van der Waals surface area contributed by atoms with E-state index in [4.69, 9.17) is 4.74 Å². The van der Waals surface area contributed by atoms with Crippen molar-refractivity contribution in [3.8, 4) is 0 Å². The van der Waals surface area contributed by atoms with Crippen molar-refractivity contribution in [1.29, 1.82) is 0 Å². The van der Waals surface area contributed by atoms with Gasteiger partial charge in [-0.3, -0.25) is 4.79 Å². The van der Waals surface area contributed by atoms with Crippen molar-refractivity contribution in [3.63, 3.8) is 0 Å². The first-order valence-electron chi connectivity index (χ1n) is 5.02. The first-order chi connectivity index (χ1) is 7.25. The van der Waals surface area contributed by atoms with Gasteiger partial charge in [-0.05, 0) is 19.7 Å². The van der Waals surface area contributed by atoms with Gasteiger partial charge in [-0.2, -0.15) is 0 Å². The molecule has 0 N–H and O–H groups in total. The lowest BCUT2D eigenvalue weighted by Gasteiger charge is -2.24. The summed E-state index contributed by atoms with van der Waals surface area (Å²) in [5.41, 5.74) is 1.25. The van der Waals surface area contributed by atoms with Gasteiger partial charge in [0, 0.05) is 12.5 Å². The van der Waals surface area contributed by atoms with E-state index in [9.17, 15) is 4.79 Å². The van der Waals surface area contributed by atoms with Crippen LogP contribution in [0.5, 0.6) is 0 Å². The summed E-state index contributed by atoms with van der Waals surface area (Å²) in [7, 11) is 4.05. The summed E-state index contributed by atoms with van der Waals surface area (Å²) in [5, 5.41) is 0. The van der Waals surface area contributed by atoms with Gasteiger partial charge in [0.05, 0.1) is 6.61 Å². The number of nitrogens with zero attached hydrogens (tertiary/aromatic N) is 1. The smallest absolute Gasteiger partial charge is 0.293 e. The van der Waals surface area contributed by atoms with Crippen LogP contribution in [0.3, 0.4) is 0 Å². The van der Waals surface area contributed by atoms with E-state index in [1.807, 2.05) is 32.3 Å². The minimum Gasteiger partial charge on any atom is -0.468 e. The van der Waals surface area contributed by atoms with E-state index in [-0.39, 0.29) is 0 Å². The van der Waals surface area contributed by atoms with Gasteiger partial charge in [0.25, 0.3) is 6.47 Å². The maximum Gasteiger partial charge on any atom is 0.293 e. The second kappa shape index (κ2) is 6.19. The van der Waals surface area contributed by atoms with Crippen molar-refractivity contribution in [2.75, 3.05) is 20.7 Å². The molecule has 0 amide bonds. The van der Waals surface area contributed by atoms with E-state index in [2.05, 4.69) is 17.0 Å². The predicted molar refractivity (Wildman–Crippen MR) is 59.5 cm³/mol. The van der Waals surface area contributed by atoms with E-state index in [0.717, 1.165) is 6.42 Å². The molecule has 0 fully saturated rings. The molecule has 0 unspecified atom stereocenters. The zero-order valence-corrected chi connectivity index (χ0v) is 9.22. The van der Waals surface area contributed by atoms with Crippen LogP contribution in [-0.2, 0) is 9.53 Å². The average Bonchev–Trinajstić information content (AvgIpc) is 2.25. The summed E-state index contributed by atoms with van der Waals surface area (Å²) < 4.78 is 4.73. The van der Waals surface area contributed by atoms with Crippen molar-refractivity contribution >= 4 is 6.47 Å². The summed E-state index contributed by atoms with van der Waals surface area (Å²) in [5.74, 6) is 0. The highest BCUT2D eigenvalue weighted by molar-refractivity contribution is 5.36. The minimum atomic E-state index is 0.297. The molecule has 0 aliphatic rings. The van der Waals surface area contributed by atoms with Crippen LogP contribution in [0.4, 0.5) is 0 Å². The van der Waals surface area contributed by atoms with Crippen molar-refractivity contribution in [2.24, 2.45) is 0 Å². The van der Waals surface area contributed by atoms with Gasteiger partial charge in [0.2, 0.25) is 0 Å². The number of hydrogen-bond acceptors (Lipinski definition) is 3. The molecular formula is C12H17NO2. The number of benzene rings is 1. The maximum absolute atomic E-state index is 10.1. The van der Waals surface area contributed by atoms with Crippen molar-refractivity contribution in [1.82, 2.24) is 4.90 Å². The fraction of sp³-hybridized carbons (Fsp3) is 0.417. The third-order valence-electron chi connectivity index (χ3n) is 2.38. The number of ether oxygens (including phenoxy) is 1. The first kappa shape index (κ1) is 11.7. The Balaban J connectivity index is 2.62. The predicted octanol–water partition coefficient (Wildman–Crippen LogP) is 1.85. The lowest BCUT2D eigenvalue weighted by atomic mass is 10.0. The second-order valence-corrected chi connectivity index (χ2v) is 3.65. The van der Waals surface area contributed by atoms with Crippen molar-refractivity contribution < 1.29 is 9.53 Å². The molecule has 82 valence electrons.